The molecule has 1 aliphatic heterocycles. The molecular weight excluding hydrogens is 456 g/mol. The van der Waals surface area contributed by atoms with Gasteiger partial charge in [0.25, 0.3) is 0 Å². The van der Waals surface area contributed by atoms with Crippen LogP contribution in [0.25, 0.3) is 5.69 Å². The third-order valence-electron chi connectivity index (χ3n) is 5.28. The molecule has 0 fully saturated rings. The van der Waals surface area contributed by atoms with E-state index in [9.17, 15) is 10.1 Å². The van der Waals surface area contributed by atoms with E-state index in [1.54, 1.807) is 12.1 Å². The minimum Gasteiger partial charge on any atom is -0.490 e. The third kappa shape index (κ3) is 4.27. The Morgan fingerprint density at radius 3 is 2.62 bits per heavy atom. The summed E-state index contributed by atoms with van der Waals surface area (Å²) in [7, 11) is 1.41. The molecule has 1 unspecified atom stereocenters. The predicted octanol–water partition coefficient (Wildman–Crippen LogP) is 4.99. The summed E-state index contributed by atoms with van der Waals surface area (Å²) in [5.41, 5.74) is 1.58. The summed E-state index contributed by atoms with van der Waals surface area (Å²) >= 11 is 1.43. The van der Waals surface area contributed by atoms with Crippen molar-refractivity contribution >= 4 is 17.4 Å². The van der Waals surface area contributed by atoms with Gasteiger partial charge in [0.1, 0.15) is 6.61 Å². The minimum atomic E-state index is -0.449. The largest absolute Gasteiger partial charge is 0.490 e. The maximum Gasteiger partial charge on any atom is 0.311 e. The van der Waals surface area contributed by atoms with Crippen molar-refractivity contribution in [1.82, 2.24) is 14.8 Å². The van der Waals surface area contributed by atoms with E-state index >= 15 is 0 Å². The lowest BCUT2D eigenvalue weighted by Crippen LogP contribution is -2.24. The predicted molar refractivity (Wildman–Crippen MR) is 126 cm³/mol. The van der Waals surface area contributed by atoms with Gasteiger partial charge in [-0.15, -0.1) is 10.2 Å². The topological polar surface area (TPSA) is 102 Å². The number of para-hydroxylation sites is 3. The standard InChI is InChI=1S/C24H20N4O5S/c1-31-19-12-11-16(13-18(19)28(29)30)15-34-24-26-25-23(27(24)17-7-3-2-4-8-17)22-14-32-20-9-5-6-10-21(20)33-22/h2-13,22H,14-15H2,1H3. The van der Waals surface area contributed by atoms with Crippen molar-refractivity contribution in [3.05, 3.63) is 94.3 Å². The number of hydrogen-bond acceptors (Lipinski definition) is 8. The van der Waals surface area contributed by atoms with Gasteiger partial charge in [-0.25, -0.2) is 0 Å². The van der Waals surface area contributed by atoms with Crippen molar-refractivity contribution < 1.29 is 19.1 Å². The zero-order chi connectivity index (χ0) is 23.5. The smallest absolute Gasteiger partial charge is 0.311 e. The molecule has 0 amide bonds. The molecule has 0 bridgehead atoms. The van der Waals surface area contributed by atoms with E-state index in [1.807, 2.05) is 59.2 Å². The molecule has 34 heavy (non-hydrogen) atoms. The average molecular weight is 477 g/mol. The molecule has 3 aromatic carbocycles. The van der Waals surface area contributed by atoms with Crippen LogP contribution in [0.1, 0.15) is 17.5 Å². The van der Waals surface area contributed by atoms with Crippen LogP contribution in [0.5, 0.6) is 17.2 Å². The van der Waals surface area contributed by atoms with Crippen LogP contribution < -0.4 is 14.2 Å². The Kier molecular flexibility index (Phi) is 6.05. The minimum absolute atomic E-state index is 0.0720. The van der Waals surface area contributed by atoms with Crippen LogP contribution >= 0.6 is 11.8 Å². The Labute approximate surface area is 199 Å². The highest BCUT2D eigenvalue weighted by atomic mass is 32.2. The maximum atomic E-state index is 11.4. The van der Waals surface area contributed by atoms with Crippen LogP contribution in [0, 0.1) is 10.1 Å². The van der Waals surface area contributed by atoms with E-state index in [2.05, 4.69) is 10.2 Å². The number of methoxy groups -OCH3 is 1. The number of rotatable bonds is 7. The van der Waals surface area contributed by atoms with Crippen LogP contribution in [-0.2, 0) is 5.75 Å². The van der Waals surface area contributed by atoms with E-state index in [-0.39, 0.29) is 11.4 Å². The molecule has 1 atom stereocenters. The van der Waals surface area contributed by atoms with E-state index in [4.69, 9.17) is 14.2 Å². The summed E-state index contributed by atoms with van der Waals surface area (Å²) in [5.74, 6) is 2.65. The Morgan fingerprint density at radius 1 is 1.09 bits per heavy atom. The first-order valence-electron chi connectivity index (χ1n) is 10.5. The van der Waals surface area contributed by atoms with Gasteiger partial charge in [0.05, 0.1) is 12.0 Å². The SMILES string of the molecule is COc1ccc(CSc2nnc(C3COc4ccccc4O3)n2-c2ccccc2)cc1[N+](=O)[O-]. The first-order chi connectivity index (χ1) is 16.6. The fourth-order valence-corrected chi connectivity index (χ4v) is 4.57. The number of nitro benzene ring substituents is 1. The van der Waals surface area contributed by atoms with Crippen LogP contribution in [0.15, 0.2) is 78.0 Å². The average Bonchev–Trinajstić information content (AvgIpc) is 3.31. The van der Waals surface area contributed by atoms with Crippen molar-refractivity contribution in [2.45, 2.75) is 17.0 Å². The molecule has 0 saturated carbocycles. The second-order valence-electron chi connectivity index (χ2n) is 7.43. The first-order valence-corrected chi connectivity index (χ1v) is 11.5. The quantitative estimate of drug-likeness (QED) is 0.209. The molecule has 1 aliphatic rings. The molecule has 0 N–H and O–H groups in total. The number of thioether (sulfide) groups is 1. The summed E-state index contributed by atoms with van der Waals surface area (Å²) < 4.78 is 19.1. The van der Waals surface area contributed by atoms with Crippen LogP contribution in [0.4, 0.5) is 5.69 Å². The van der Waals surface area contributed by atoms with E-state index < -0.39 is 11.0 Å². The number of nitro groups is 1. The van der Waals surface area contributed by atoms with Crippen LogP contribution in [-0.4, -0.2) is 33.4 Å². The van der Waals surface area contributed by atoms with Gasteiger partial charge in [-0.1, -0.05) is 48.2 Å². The number of nitrogens with zero attached hydrogens (tertiary/aromatic N) is 4. The van der Waals surface area contributed by atoms with Gasteiger partial charge in [-0.2, -0.15) is 0 Å². The zero-order valence-electron chi connectivity index (χ0n) is 18.2. The fraction of sp³-hybridized carbons (Fsp3) is 0.167. The number of hydrogen-bond donors (Lipinski definition) is 0. The van der Waals surface area contributed by atoms with Gasteiger partial charge >= 0.3 is 5.69 Å². The number of benzene rings is 3. The first kappa shape index (κ1) is 21.8. The Balaban J connectivity index is 1.45. The molecule has 1 aromatic heterocycles. The number of ether oxygens (including phenoxy) is 3. The summed E-state index contributed by atoms with van der Waals surface area (Å²) in [6.07, 6.45) is -0.445. The van der Waals surface area contributed by atoms with Crippen molar-refractivity contribution in [1.29, 1.82) is 0 Å². The highest BCUT2D eigenvalue weighted by Gasteiger charge is 2.29. The van der Waals surface area contributed by atoms with E-state index in [0.29, 0.717) is 34.8 Å². The van der Waals surface area contributed by atoms with Gasteiger partial charge in [-0.3, -0.25) is 14.7 Å². The third-order valence-corrected chi connectivity index (χ3v) is 6.28. The molecule has 2 heterocycles. The maximum absolute atomic E-state index is 11.4. The summed E-state index contributed by atoms with van der Waals surface area (Å²) in [6.45, 7) is 0.303. The highest BCUT2D eigenvalue weighted by molar-refractivity contribution is 7.98. The van der Waals surface area contributed by atoms with Gasteiger partial charge in [-0.05, 0) is 35.9 Å². The van der Waals surface area contributed by atoms with Crippen molar-refractivity contribution in [2.24, 2.45) is 0 Å². The molecular formula is C24H20N4O5S. The molecule has 0 spiro atoms. The molecule has 9 nitrogen and oxygen atoms in total. The lowest BCUT2D eigenvalue weighted by Gasteiger charge is -2.26. The molecule has 5 rings (SSSR count). The second-order valence-corrected chi connectivity index (χ2v) is 8.37. The Bertz CT molecular complexity index is 1330. The van der Waals surface area contributed by atoms with Crippen LogP contribution in [0.2, 0.25) is 0 Å². The zero-order valence-corrected chi connectivity index (χ0v) is 19.0. The molecule has 172 valence electrons. The monoisotopic (exact) mass is 476 g/mol. The van der Waals surface area contributed by atoms with Gasteiger partial charge < -0.3 is 14.2 Å². The Morgan fingerprint density at radius 2 is 1.85 bits per heavy atom. The summed E-state index contributed by atoms with van der Waals surface area (Å²) in [5, 5.41) is 20.9. The fourth-order valence-electron chi connectivity index (χ4n) is 3.67. The second kappa shape index (κ2) is 9.44. The van der Waals surface area contributed by atoms with Crippen molar-refractivity contribution in [3.63, 3.8) is 0 Å². The normalized spacial score (nSPS) is 14.6. The van der Waals surface area contributed by atoms with Crippen molar-refractivity contribution in [2.75, 3.05) is 13.7 Å². The lowest BCUT2D eigenvalue weighted by molar-refractivity contribution is -0.385. The molecule has 0 radical (unpaired) electrons. The highest BCUT2D eigenvalue weighted by Crippen LogP contribution is 2.37. The number of fused-ring (bicyclic) bond motifs is 1. The number of aromatic nitrogens is 3. The van der Waals surface area contributed by atoms with Crippen molar-refractivity contribution in [3.8, 4) is 22.9 Å². The van der Waals surface area contributed by atoms with Crippen LogP contribution in [0.3, 0.4) is 0 Å². The summed E-state index contributed by atoms with van der Waals surface area (Å²) in [6, 6.07) is 22.2. The summed E-state index contributed by atoms with van der Waals surface area (Å²) in [4.78, 5) is 10.9. The molecule has 0 saturated heterocycles. The molecule has 10 heteroatoms. The Hall–Kier alpha value is -4.05. The molecule has 4 aromatic rings. The van der Waals surface area contributed by atoms with Gasteiger partial charge in [0.2, 0.25) is 0 Å². The van der Waals surface area contributed by atoms with Gasteiger partial charge in [0, 0.05) is 17.5 Å². The van der Waals surface area contributed by atoms with Gasteiger partial charge in [0.15, 0.2) is 34.3 Å². The van der Waals surface area contributed by atoms with E-state index in [0.717, 1.165) is 11.3 Å². The lowest BCUT2D eigenvalue weighted by atomic mass is 10.2. The van der Waals surface area contributed by atoms with E-state index in [1.165, 1.54) is 24.9 Å². The molecule has 0 aliphatic carbocycles.